The number of rotatable bonds is 7. The van der Waals surface area contributed by atoms with Crippen LogP contribution < -0.4 is 0 Å². The van der Waals surface area contributed by atoms with E-state index in [-0.39, 0.29) is 12.2 Å². The summed E-state index contributed by atoms with van der Waals surface area (Å²) in [5, 5.41) is 10.2. The molecule has 1 fully saturated rings. The number of hydrogen-bond donors (Lipinski definition) is 1. The summed E-state index contributed by atoms with van der Waals surface area (Å²) < 4.78 is 28.9. The van der Waals surface area contributed by atoms with E-state index >= 15 is 0 Å². The van der Waals surface area contributed by atoms with Crippen molar-refractivity contribution in [3.05, 3.63) is 0 Å². The van der Waals surface area contributed by atoms with E-state index in [9.17, 15) is 5.11 Å². The van der Waals surface area contributed by atoms with Crippen molar-refractivity contribution in [3.63, 3.8) is 0 Å². The fourth-order valence-corrected chi connectivity index (χ4v) is 4.20. The van der Waals surface area contributed by atoms with Gasteiger partial charge in [-0.1, -0.05) is 0 Å². The topological polar surface area (TPSA) is 66.4 Å². The molecule has 22 heavy (non-hydrogen) atoms. The van der Waals surface area contributed by atoms with Crippen LogP contribution in [-0.2, 0) is 23.1 Å². The fourth-order valence-electron chi connectivity index (χ4n) is 2.43. The Kier molecular flexibility index (Phi) is 7.22. The van der Waals surface area contributed by atoms with Gasteiger partial charge < -0.3 is 28.2 Å². The lowest BCUT2D eigenvalue weighted by atomic mass is 9.99. The number of ether oxygens (including phenoxy) is 3. The van der Waals surface area contributed by atoms with Crippen LogP contribution in [0, 0.1) is 0 Å². The van der Waals surface area contributed by atoms with E-state index in [2.05, 4.69) is 39.3 Å². The lowest BCUT2D eigenvalue weighted by molar-refractivity contribution is -0.291. The average Bonchev–Trinajstić information content (AvgIpc) is 2.35. The van der Waals surface area contributed by atoms with Gasteiger partial charge in [0.2, 0.25) is 0 Å². The number of methoxy groups -OCH3 is 2. The molecular weight excluding hydrogens is 320 g/mol. The minimum atomic E-state index is -1.83. The Bertz CT molecular complexity index is 341. The molecule has 0 spiro atoms. The van der Waals surface area contributed by atoms with Crippen molar-refractivity contribution in [1.29, 1.82) is 0 Å². The average molecular weight is 353 g/mol. The molecule has 1 aliphatic heterocycles. The van der Waals surface area contributed by atoms with Crippen LogP contribution in [0.1, 0.15) is 0 Å². The molecule has 0 bridgehead atoms. The third-order valence-electron chi connectivity index (χ3n) is 3.32. The molecule has 6 nitrogen and oxygen atoms in total. The van der Waals surface area contributed by atoms with Gasteiger partial charge in [0.05, 0.1) is 6.61 Å². The summed E-state index contributed by atoms with van der Waals surface area (Å²) in [5.41, 5.74) is 0. The zero-order valence-electron chi connectivity index (χ0n) is 15.1. The van der Waals surface area contributed by atoms with Crippen molar-refractivity contribution < 1.29 is 28.2 Å². The van der Waals surface area contributed by atoms with E-state index in [1.807, 2.05) is 0 Å². The van der Waals surface area contributed by atoms with Gasteiger partial charge in [0, 0.05) is 14.2 Å². The van der Waals surface area contributed by atoms with Gasteiger partial charge in [0.1, 0.15) is 24.4 Å². The molecule has 1 rings (SSSR count). The highest BCUT2D eigenvalue weighted by Gasteiger charge is 2.48. The molecule has 1 heterocycles. The lowest BCUT2D eigenvalue weighted by Crippen LogP contribution is -2.62. The van der Waals surface area contributed by atoms with Crippen LogP contribution in [0.2, 0.25) is 39.3 Å². The molecule has 5 atom stereocenters. The largest absolute Gasteiger partial charge is 0.415 e. The van der Waals surface area contributed by atoms with Crippen molar-refractivity contribution in [2.45, 2.75) is 70.0 Å². The molecule has 0 aromatic rings. The summed E-state index contributed by atoms with van der Waals surface area (Å²) in [6.07, 6.45) is -2.71. The first-order valence-electron chi connectivity index (χ1n) is 7.69. The molecule has 0 aromatic carbocycles. The van der Waals surface area contributed by atoms with Gasteiger partial charge in [-0.25, -0.2) is 0 Å². The third-order valence-corrected chi connectivity index (χ3v) is 5.34. The molecule has 0 saturated carbocycles. The third kappa shape index (κ3) is 6.01. The van der Waals surface area contributed by atoms with Crippen LogP contribution in [0.25, 0.3) is 0 Å². The van der Waals surface area contributed by atoms with Crippen molar-refractivity contribution in [1.82, 2.24) is 0 Å². The Hall–Kier alpha value is 0.194. The van der Waals surface area contributed by atoms with E-state index in [1.165, 1.54) is 7.11 Å². The summed E-state index contributed by atoms with van der Waals surface area (Å²) in [6, 6.07) is 0. The van der Waals surface area contributed by atoms with Gasteiger partial charge in [-0.2, -0.15) is 0 Å². The maximum atomic E-state index is 10.2. The highest BCUT2D eigenvalue weighted by molar-refractivity contribution is 6.70. The quantitative estimate of drug-likeness (QED) is 0.705. The highest BCUT2D eigenvalue weighted by atomic mass is 28.4. The van der Waals surface area contributed by atoms with Crippen LogP contribution >= 0.6 is 0 Å². The molecule has 1 aliphatic rings. The van der Waals surface area contributed by atoms with E-state index in [0.29, 0.717) is 6.61 Å². The first kappa shape index (κ1) is 20.2. The van der Waals surface area contributed by atoms with Gasteiger partial charge in [0.15, 0.2) is 22.9 Å². The predicted octanol–water partition coefficient (Wildman–Crippen LogP) is 1.81. The first-order valence-corrected chi connectivity index (χ1v) is 14.5. The van der Waals surface area contributed by atoms with Gasteiger partial charge in [-0.05, 0) is 39.3 Å². The van der Waals surface area contributed by atoms with Crippen LogP contribution in [0.15, 0.2) is 0 Å². The Morgan fingerprint density at radius 1 is 0.864 bits per heavy atom. The maximum Gasteiger partial charge on any atom is 0.184 e. The molecule has 1 N–H and O–H groups in total. The molecule has 132 valence electrons. The zero-order chi connectivity index (χ0) is 17.1. The first-order chi connectivity index (χ1) is 9.98. The van der Waals surface area contributed by atoms with Crippen molar-refractivity contribution >= 4 is 16.6 Å². The Balaban J connectivity index is 2.94. The second kappa shape index (κ2) is 7.84. The Morgan fingerprint density at radius 3 is 1.82 bits per heavy atom. The maximum absolute atomic E-state index is 10.2. The van der Waals surface area contributed by atoms with Crippen molar-refractivity contribution in [2.24, 2.45) is 0 Å². The fraction of sp³-hybridized carbons (Fsp3) is 1.00. The van der Waals surface area contributed by atoms with E-state index in [0.717, 1.165) is 0 Å². The van der Waals surface area contributed by atoms with Gasteiger partial charge in [-0.3, -0.25) is 0 Å². The second-order valence-corrected chi connectivity index (χ2v) is 16.6. The molecule has 0 radical (unpaired) electrons. The van der Waals surface area contributed by atoms with Crippen LogP contribution in [0.5, 0.6) is 0 Å². The number of aliphatic hydroxyl groups is 1. The minimum Gasteiger partial charge on any atom is -0.415 e. The summed E-state index contributed by atoms with van der Waals surface area (Å²) in [6.45, 7) is 13.1. The molecule has 1 saturated heterocycles. The van der Waals surface area contributed by atoms with E-state index in [1.54, 1.807) is 7.11 Å². The molecule has 1 unspecified atom stereocenters. The van der Waals surface area contributed by atoms with Crippen LogP contribution in [-0.4, -0.2) is 73.3 Å². The predicted molar refractivity (Wildman–Crippen MR) is 90.0 cm³/mol. The normalized spacial score (nSPS) is 34.0. The van der Waals surface area contributed by atoms with Gasteiger partial charge in [0.25, 0.3) is 0 Å². The molecule has 8 heteroatoms. The van der Waals surface area contributed by atoms with Gasteiger partial charge in [-0.15, -0.1) is 0 Å². The number of aliphatic hydroxyl groups excluding tert-OH is 1. The zero-order valence-corrected chi connectivity index (χ0v) is 17.1. The van der Waals surface area contributed by atoms with Crippen LogP contribution in [0.3, 0.4) is 0 Å². The highest BCUT2D eigenvalue weighted by Crippen LogP contribution is 2.29. The Labute approximate surface area is 136 Å². The number of hydrogen-bond acceptors (Lipinski definition) is 6. The summed E-state index contributed by atoms with van der Waals surface area (Å²) in [5.74, 6) is 0. The standard InChI is InChI=1S/C14H32O6Si2/c1-16-12-11(20-22(6,7)8)10(9-18-21(3,4)5)19-14(15)13(12)17-2/h10-15H,9H2,1-8H3/t10-,11-,12+,13-,14?/m0/s1. The second-order valence-electron chi connectivity index (χ2n) is 7.58. The monoisotopic (exact) mass is 352 g/mol. The summed E-state index contributed by atoms with van der Waals surface area (Å²) in [7, 11) is -0.374. The molecule has 0 aromatic heterocycles. The summed E-state index contributed by atoms with van der Waals surface area (Å²) in [4.78, 5) is 0. The molecule has 0 amide bonds. The molecule has 0 aliphatic carbocycles. The van der Waals surface area contributed by atoms with Crippen molar-refractivity contribution in [3.8, 4) is 0 Å². The van der Waals surface area contributed by atoms with Crippen LogP contribution in [0.4, 0.5) is 0 Å². The Morgan fingerprint density at radius 2 is 1.41 bits per heavy atom. The van der Waals surface area contributed by atoms with Crippen molar-refractivity contribution in [2.75, 3.05) is 20.8 Å². The van der Waals surface area contributed by atoms with E-state index in [4.69, 9.17) is 23.1 Å². The molecular formula is C14H32O6Si2. The minimum absolute atomic E-state index is 0.318. The SMILES string of the molecule is CO[C@@H]1[C@@H](O[Si](C)(C)C)[C@H](CO[Si](C)(C)C)OC(O)[C@H]1OC. The van der Waals surface area contributed by atoms with E-state index < -0.39 is 35.1 Å². The lowest BCUT2D eigenvalue weighted by Gasteiger charge is -2.46. The van der Waals surface area contributed by atoms with Gasteiger partial charge >= 0.3 is 0 Å². The smallest absolute Gasteiger partial charge is 0.184 e. The summed E-state index contributed by atoms with van der Waals surface area (Å²) >= 11 is 0.